The molecule has 0 amide bonds. The van der Waals surface area contributed by atoms with Gasteiger partial charge in [-0.1, -0.05) is 6.92 Å². The summed E-state index contributed by atoms with van der Waals surface area (Å²) in [4.78, 5) is 22.7. The van der Waals surface area contributed by atoms with Crippen LogP contribution in [0.15, 0.2) is 0 Å². The fourth-order valence-corrected chi connectivity index (χ4v) is 2.05. The molecule has 0 radical (unpaired) electrons. The van der Waals surface area contributed by atoms with Crippen LogP contribution >= 0.6 is 0 Å². The van der Waals surface area contributed by atoms with Crippen LogP contribution in [-0.4, -0.2) is 37.1 Å². The van der Waals surface area contributed by atoms with Gasteiger partial charge >= 0.3 is 5.97 Å². The number of nitrogens with one attached hydrogen (secondary N) is 2. The molecule has 0 aromatic heterocycles. The first-order valence-electron chi connectivity index (χ1n) is 6.99. The highest BCUT2D eigenvalue weighted by atomic mass is 16.5. The fourth-order valence-electron chi connectivity index (χ4n) is 2.05. The van der Waals surface area contributed by atoms with Gasteiger partial charge in [0.15, 0.2) is 5.66 Å². The van der Waals surface area contributed by atoms with Crippen molar-refractivity contribution in [2.75, 3.05) is 7.11 Å². The molecule has 0 bridgehead atoms. The first kappa shape index (κ1) is 18.1. The molecule has 5 heteroatoms. The van der Waals surface area contributed by atoms with Gasteiger partial charge in [0.1, 0.15) is 6.29 Å². The number of unbranched alkanes of at least 4 members (excludes halogenated alkanes) is 1. The quantitative estimate of drug-likeness (QED) is 0.274. The lowest BCUT2D eigenvalue weighted by atomic mass is 9.99. The molecule has 2 N–H and O–H groups in total. The van der Waals surface area contributed by atoms with E-state index in [0.29, 0.717) is 19.3 Å². The molecule has 0 aliphatic rings. The van der Waals surface area contributed by atoms with Gasteiger partial charge in [0.05, 0.1) is 7.11 Å². The summed E-state index contributed by atoms with van der Waals surface area (Å²) in [6, 6.07) is 0.313. The predicted octanol–water partition coefficient (Wildman–Crippen LogP) is 1.61. The van der Waals surface area contributed by atoms with Crippen molar-refractivity contribution < 1.29 is 14.3 Å². The number of esters is 1. The van der Waals surface area contributed by atoms with Crippen molar-refractivity contribution in [3.05, 3.63) is 0 Å². The van der Waals surface area contributed by atoms with Crippen LogP contribution in [0.5, 0.6) is 0 Å². The van der Waals surface area contributed by atoms with Gasteiger partial charge in [-0.3, -0.25) is 10.6 Å². The number of carbonyl (C=O) groups excluding carboxylic acids is 2. The first-order chi connectivity index (χ1) is 8.91. The SMILES string of the molecule is CCC(C)NC(CCCC=O)(NC(C)C)C(=O)OC. The van der Waals surface area contributed by atoms with E-state index in [1.807, 2.05) is 20.8 Å². The minimum absolute atomic E-state index is 0.131. The van der Waals surface area contributed by atoms with Crippen LogP contribution < -0.4 is 10.6 Å². The second kappa shape index (κ2) is 9.04. The van der Waals surface area contributed by atoms with E-state index in [-0.39, 0.29) is 18.1 Å². The van der Waals surface area contributed by atoms with E-state index in [2.05, 4.69) is 17.6 Å². The first-order valence-corrected chi connectivity index (χ1v) is 6.99. The average molecular weight is 272 g/mol. The number of ether oxygens (including phenoxy) is 1. The smallest absolute Gasteiger partial charge is 0.341 e. The monoisotopic (exact) mass is 272 g/mol. The number of hydrogen-bond donors (Lipinski definition) is 2. The van der Waals surface area contributed by atoms with E-state index in [0.717, 1.165) is 12.7 Å². The number of methoxy groups -OCH3 is 1. The third-order valence-corrected chi connectivity index (χ3v) is 3.05. The summed E-state index contributed by atoms with van der Waals surface area (Å²) in [7, 11) is 1.39. The molecule has 0 aliphatic carbocycles. The largest absolute Gasteiger partial charge is 0.467 e. The molecule has 5 nitrogen and oxygen atoms in total. The topological polar surface area (TPSA) is 67.4 Å². The zero-order chi connectivity index (χ0) is 14.9. The molecule has 19 heavy (non-hydrogen) atoms. The van der Waals surface area contributed by atoms with Gasteiger partial charge < -0.3 is 9.53 Å². The van der Waals surface area contributed by atoms with E-state index in [1.165, 1.54) is 7.11 Å². The molecule has 0 saturated carbocycles. The minimum atomic E-state index is -0.915. The van der Waals surface area contributed by atoms with Crippen LogP contribution in [0.25, 0.3) is 0 Å². The van der Waals surface area contributed by atoms with Gasteiger partial charge in [-0.05, 0) is 40.0 Å². The van der Waals surface area contributed by atoms with Crippen molar-refractivity contribution in [3.63, 3.8) is 0 Å². The Morgan fingerprint density at radius 1 is 1.32 bits per heavy atom. The molecule has 0 spiro atoms. The van der Waals surface area contributed by atoms with Crippen molar-refractivity contribution in [2.45, 2.75) is 71.1 Å². The normalized spacial score (nSPS) is 15.9. The second-order valence-electron chi connectivity index (χ2n) is 5.21. The Bertz CT molecular complexity index is 282. The lowest BCUT2D eigenvalue weighted by Crippen LogP contribution is -2.66. The van der Waals surface area contributed by atoms with E-state index in [4.69, 9.17) is 4.74 Å². The summed E-state index contributed by atoms with van der Waals surface area (Å²) in [6.07, 6.45) is 3.40. The van der Waals surface area contributed by atoms with Crippen molar-refractivity contribution >= 4 is 12.3 Å². The maximum atomic E-state index is 12.2. The van der Waals surface area contributed by atoms with E-state index >= 15 is 0 Å². The highest BCUT2D eigenvalue weighted by Crippen LogP contribution is 2.16. The molecular weight excluding hydrogens is 244 g/mol. The molecule has 0 heterocycles. The minimum Gasteiger partial charge on any atom is -0.467 e. The van der Waals surface area contributed by atoms with E-state index in [1.54, 1.807) is 0 Å². The van der Waals surface area contributed by atoms with Crippen LogP contribution in [0.2, 0.25) is 0 Å². The third kappa shape index (κ3) is 6.16. The Morgan fingerprint density at radius 3 is 2.37 bits per heavy atom. The van der Waals surface area contributed by atoms with Crippen LogP contribution in [0, 0.1) is 0 Å². The summed E-state index contributed by atoms with van der Waals surface area (Å²) in [5, 5.41) is 6.59. The van der Waals surface area contributed by atoms with E-state index < -0.39 is 5.66 Å². The number of rotatable bonds is 10. The van der Waals surface area contributed by atoms with Crippen LogP contribution in [0.3, 0.4) is 0 Å². The summed E-state index contributed by atoms with van der Waals surface area (Å²) in [6.45, 7) is 8.05. The summed E-state index contributed by atoms with van der Waals surface area (Å²) in [5.74, 6) is -0.326. The van der Waals surface area contributed by atoms with Gasteiger partial charge in [-0.15, -0.1) is 0 Å². The molecule has 112 valence electrons. The summed E-state index contributed by atoms with van der Waals surface area (Å²) >= 11 is 0. The van der Waals surface area contributed by atoms with Crippen LogP contribution in [0.4, 0.5) is 0 Å². The highest BCUT2D eigenvalue weighted by Gasteiger charge is 2.40. The molecule has 0 saturated heterocycles. The second-order valence-corrected chi connectivity index (χ2v) is 5.21. The molecule has 2 atom stereocenters. The summed E-state index contributed by atoms with van der Waals surface area (Å²) in [5.41, 5.74) is -0.915. The molecule has 0 fully saturated rings. The van der Waals surface area contributed by atoms with E-state index in [9.17, 15) is 9.59 Å². The molecular formula is C14H28N2O3. The van der Waals surface area contributed by atoms with Crippen molar-refractivity contribution in [2.24, 2.45) is 0 Å². The van der Waals surface area contributed by atoms with Gasteiger partial charge in [0, 0.05) is 18.5 Å². The standard InChI is InChI=1S/C14H28N2O3/c1-6-12(4)16-14(13(18)19-5,15-11(2)3)9-7-8-10-17/h10-12,15-16H,6-9H2,1-5H3. The van der Waals surface area contributed by atoms with Crippen molar-refractivity contribution in [1.82, 2.24) is 10.6 Å². The lowest BCUT2D eigenvalue weighted by Gasteiger charge is -2.37. The van der Waals surface area contributed by atoms with Gasteiger partial charge in [0.25, 0.3) is 0 Å². The maximum absolute atomic E-state index is 12.2. The van der Waals surface area contributed by atoms with Crippen LogP contribution in [-0.2, 0) is 14.3 Å². The Balaban J connectivity index is 5.06. The Kier molecular flexibility index (Phi) is 8.59. The van der Waals surface area contributed by atoms with Crippen molar-refractivity contribution in [1.29, 1.82) is 0 Å². The molecule has 2 unspecified atom stereocenters. The number of hydrogen-bond acceptors (Lipinski definition) is 5. The highest BCUT2D eigenvalue weighted by molar-refractivity contribution is 5.80. The lowest BCUT2D eigenvalue weighted by molar-refractivity contribution is -0.151. The number of carbonyl (C=O) groups is 2. The average Bonchev–Trinajstić information content (AvgIpc) is 2.36. The van der Waals surface area contributed by atoms with Gasteiger partial charge in [-0.25, -0.2) is 4.79 Å². The predicted molar refractivity (Wildman–Crippen MR) is 75.8 cm³/mol. The Labute approximate surface area is 116 Å². The van der Waals surface area contributed by atoms with Crippen molar-refractivity contribution in [3.8, 4) is 0 Å². The Morgan fingerprint density at radius 2 is 1.95 bits per heavy atom. The summed E-state index contributed by atoms with van der Waals surface area (Å²) < 4.78 is 4.94. The maximum Gasteiger partial charge on any atom is 0.341 e. The molecule has 0 aromatic rings. The molecule has 0 aliphatic heterocycles. The Hall–Kier alpha value is -0.940. The van der Waals surface area contributed by atoms with Gasteiger partial charge in [0.2, 0.25) is 0 Å². The third-order valence-electron chi connectivity index (χ3n) is 3.05. The molecule has 0 aromatic carbocycles. The fraction of sp³-hybridized carbons (Fsp3) is 0.857. The molecule has 0 rings (SSSR count). The zero-order valence-electron chi connectivity index (χ0n) is 12.8. The van der Waals surface area contributed by atoms with Gasteiger partial charge in [-0.2, -0.15) is 0 Å². The number of aldehydes is 1. The van der Waals surface area contributed by atoms with Crippen LogP contribution in [0.1, 0.15) is 53.4 Å². The zero-order valence-corrected chi connectivity index (χ0v) is 12.8.